The van der Waals surface area contributed by atoms with Gasteiger partial charge in [0.15, 0.2) is 0 Å². The number of rotatable bonds is 17. The van der Waals surface area contributed by atoms with Crippen LogP contribution in [0.1, 0.15) is 89.5 Å². The molecule has 0 aliphatic heterocycles. The van der Waals surface area contributed by atoms with Gasteiger partial charge in [0.05, 0.1) is 13.2 Å². The SMILES string of the molecule is CC(c1ccccc1)c1cc(C(C)c2ccccc2)c(OCC(O)COCCCc2ccccc2)c(C(C)c2ccccc2)c1.OC/C=C/c1ccccc1. The number of ether oxygens (including phenoxy) is 2. The molecule has 4 unspecified atom stereocenters. The topological polar surface area (TPSA) is 58.9 Å². The van der Waals surface area contributed by atoms with E-state index in [1.807, 2.05) is 42.5 Å². The second-order valence-corrected chi connectivity index (χ2v) is 14.1. The van der Waals surface area contributed by atoms with Crippen molar-refractivity contribution in [1.29, 1.82) is 0 Å². The van der Waals surface area contributed by atoms with Crippen LogP contribution in [0.5, 0.6) is 5.75 Å². The summed E-state index contributed by atoms with van der Waals surface area (Å²) >= 11 is 0. The number of benzene rings is 6. The quantitative estimate of drug-likeness (QED) is 0.0917. The summed E-state index contributed by atoms with van der Waals surface area (Å²) in [5, 5.41) is 19.4. The third-order valence-electron chi connectivity index (χ3n) is 10.0. The lowest BCUT2D eigenvalue weighted by Gasteiger charge is -2.27. The molecule has 4 heteroatoms. The molecule has 0 spiro atoms. The summed E-state index contributed by atoms with van der Waals surface area (Å²) in [7, 11) is 0. The Morgan fingerprint density at radius 3 is 1.49 bits per heavy atom. The van der Waals surface area contributed by atoms with Crippen molar-refractivity contribution in [2.75, 3.05) is 26.4 Å². The predicted molar refractivity (Wildman–Crippen MR) is 228 cm³/mol. The molecule has 0 aliphatic carbocycles. The van der Waals surface area contributed by atoms with Crippen molar-refractivity contribution in [1.82, 2.24) is 0 Å². The van der Waals surface area contributed by atoms with Crippen molar-refractivity contribution < 1.29 is 19.7 Å². The molecule has 4 atom stereocenters. The fraction of sp³-hybridized carbons (Fsp3) is 0.255. The van der Waals surface area contributed by atoms with Crippen molar-refractivity contribution in [2.24, 2.45) is 0 Å². The lowest BCUT2D eigenvalue weighted by Crippen LogP contribution is -2.25. The summed E-state index contributed by atoms with van der Waals surface area (Å²) in [5.74, 6) is 1.25. The summed E-state index contributed by atoms with van der Waals surface area (Å²) in [6.45, 7) is 7.88. The van der Waals surface area contributed by atoms with Gasteiger partial charge < -0.3 is 19.7 Å². The first-order valence-corrected chi connectivity index (χ1v) is 19.5. The van der Waals surface area contributed by atoms with Gasteiger partial charge in [-0.05, 0) is 46.2 Å². The minimum atomic E-state index is -0.732. The van der Waals surface area contributed by atoms with Crippen LogP contribution in [0, 0.1) is 0 Å². The normalized spacial score (nSPS) is 13.3. The maximum absolute atomic E-state index is 11.0. The van der Waals surface area contributed by atoms with Gasteiger partial charge in [0, 0.05) is 35.5 Å². The molecule has 0 heterocycles. The molecule has 0 bridgehead atoms. The molecular weight excluding hydrogens is 677 g/mol. The van der Waals surface area contributed by atoms with Crippen LogP contribution in [0.15, 0.2) is 170 Å². The highest BCUT2D eigenvalue weighted by atomic mass is 16.5. The van der Waals surface area contributed by atoms with Crippen LogP contribution in [-0.2, 0) is 11.2 Å². The van der Waals surface area contributed by atoms with E-state index in [0.29, 0.717) is 6.61 Å². The molecule has 6 rings (SSSR count). The summed E-state index contributed by atoms with van der Waals surface area (Å²) in [6.07, 6.45) is 4.75. The van der Waals surface area contributed by atoms with Crippen LogP contribution in [0.3, 0.4) is 0 Å². The van der Waals surface area contributed by atoms with Gasteiger partial charge in [-0.2, -0.15) is 0 Å². The van der Waals surface area contributed by atoms with E-state index in [1.54, 1.807) is 6.08 Å². The number of hydrogen-bond acceptors (Lipinski definition) is 4. The molecule has 0 fully saturated rings. The number of hydrogen-bond donors (Lipinski definition) is 2. The van der Waals surface area contributed by atoms with Gasteiger partial charge >= 0.3 is 0 Å². The maximum Gasteiger partial charge on any atom is 0.127 e. The summed E-state index contributed by atoms with van der Waals surface area (Å²) in [5.41, 5.74) is 9.69. The summed E-state index contributed by atoms with van der Waals surface area (Å²) < 4.78 is 12.5. The van der Waals surface area contributed by atoms with Crippen LogP contribution in [0.25, 0.3) is 6.08 Å². The minimum Gasteiger partial charge on any atom is -0.490 e. The van der Waals surface area contributed by atoms with E-state index >= 15 is 0 Å². The van der Waals surface area contributed by atoms with E-state index in [-0.39, 0.29) is 37.6 Å². The minimum absolute atomic E-state index is 0.0947. The molecular formula is C51H56O4. The van der Waals surface area contributed by atoms with Gasteiger partial charge in [0.25, 0.3) is 0 Å². The van der Waals surface area contributed by atoms with Crippen LogP contribution in [0.4, 0.5) is 0 Å². The van der Waals surface area contributed by atoms with Gasteiger partial charge in [-0.3, -0.25) is 0 Å². The predicted octanol–water partition coefficient (Wildman–Crippen LogP) is 11.2. The van der Waals surface area contributed by atoms with E-state index in [2.05, 4.69) is 148 Å². The van der Waals surface area contributed by atoms with Crippen LogP contribution in [0.2, 0.25) is 0 Å². The highest BCUT2D eigenvalue weighted by Gasteiger charge is 2.25. The van der Waals surface area contributed by atoms with Gasteiger partial charge in [-0.25, -0.2) is 0 Å². The third kappa shape index (κ3) is 12.7. The van der Waals surface area contributed by atoms with Crippen molar-refractivity contribution in [3.05, 3.63) is 214 Å². The highest BCUT2D eigenvalue weighted by Crippen LogP contribution is 2.42. The lowest BCUT2D eigenvalue weighted by molar-refractivity contribution is 0.0111. The summed E-state index contributed by atoms with van der Waals surface area (Å²) in [6, 6.07) is 56.8. The smallest absolute Gasteiger partial charge is 0.127 e. The van der Waals surface area contributed by atoms with Crippen LogP contribution >= 0.6 is 0 Å². The molecule has 55 heavy (non-hydrogen) atoms. The first-order valence-electron chi connectivity index (χ1n) is 19.5. The van der Waals surface area contributed by atoms with Gasteiger partial charge in [-0.15, -0.1) is 0 Å². The average molecular weight is 733 g/mol. The molecule has 0 aromatic heterocycles. The Kier molecular flexibility index (Phi) is 16.5. The van der Waals surface area contributed by atoms with Gasteiger partial charge in [-0.1, -0.05) is 197 Å². The molecule has 0 saturated carbocycles. The monoisotopic (exact) mass is 732 g/mol. The first-order chi connectivity index (χ1) is 26.9. The number of aliphatic hydroxyl groups is 2. The number of aliphatic hydroxyl groups excluding tert-OH is 2. The van der Waals surface area contributed by atoms with E-state index in [1.165, 1.54) is 27.8 Å². The Balaban J connectivity index is 0.000000504. The largest absolute Gasteiger partial charge is 0.490 e. The van der Waals surface area contributed by atoms with Gasteiger partial charge in [0.2, 0.25) is 0 Å². The second-order valence-electron chi connectivity index (χ2n) is 14.1. The van der Waals surface area contributed by atoms with Crippen molar-refractivity contribution in [2.45, 2.75) is 57.5 Å². The molecule has 0 aliphatic rings. The average Bonchev–Trinajstić information content (AvgIpc) is 3.25. The van der Waals surface area contributed by atoms with E-state index in [0.717, 1.165) is 35.3 Å². The maximum atomic E-state index is 11.0. The zero-order valence-electron chi connectivity index (χ0n) is 32.5. The molecule has 6 aromatic rings. The van der Waals surface area contributed by atoms with Crippen molar-refractivity contribution >= 4 is 6.08 Å². The second kappa shape index (κ2) is 22.2. The Bertz CT molecular complexity index is 1900. The first kappa shape index (κ1) is 40.9. The molecule has 0 amide bonds. The Labute approximate surface area is 328 Å². The van der Waals surface area contributed by atoms with Crippen molar-refractivity contribution in [3.63, 3.8) is 0 Å². The standard InChI is InChI=1S/C42H46O3.C9H10O/c1-31(35-20-10-5-11-21-35)38-27-40(32(2)36-22-12-6-13-23-36)42(41(28-38)33(3)37-24-14-7-15-25-37)45-30-39(43)29-44-26-16-19-34-17-8-4-9-18-34;10-8-4-7-9-5-2-1-3-6-9/h4-15,17-18,20-25,27-28,31-33,39,43H,16,19,26,29-30H2,1-3H3;1-7,10H,8H2/b;7-4+. The molecule has 6 aromatic carbocycles. The lowest BCUT2D eigenvalue weighted by atomic mass is 9.81. The molecule has 0 saturated heterocycles. The Morgan fingerprint density at radius 2 is 1.00 bits per heavy atom. The molecule has 0 radical (unpaired) electrons. The Hall–Kier alpha value is -5.26. The van der Waals surface area contributed by atoms with E-state index in [4.69, 9.17) is 14.6 Å². The molecule has 4 nitrogen and oxygen atoms in total. The fourth-order valence-corrected chi connectivity index (χ4v) is 6.76. The van der Waals surface area contributed by atoms with E-state index < -0.39 is 6.10 Å². The third-order valence-corrected chi connectivity index (χ3v) is 10.0. The molecule has 2 N–H and O–H groups in total. The van der Waals surface area contributed by atoms with Gasteiger partial charge in [0.1, 0.15) is 18.5 Å². The molecule has 284 valence electrons. The zero-order valence-corrected chi connectivity index (χ0v) is 32.5. The summed E-state index contributed by atoms with van der Waals surface area (Å²) in [4.78, 5) is 0. The fourth-order valence-electron chi connectivity index (χ4n) is 6.76. The van der Waals surface area contributed by atoms with Crippen molar-refractivity contribution in [3.8, 4) is 5.75 Å². The number of aryl methyl sites for hydroxylation is 1. The highest BCUT2D eigenvalue weighted by molar-refractivity contribution is 5.54. The Morgan fingerprint density at radius 1 is 0.545 bits per heavy atom. The van der Waals surface area contributed by atoms with E-state index in [9.17, 15) is 5.11 Å². The van der Waals surface area contributed by atoms with Crippen LogP contribution < -0.4 is 4.74 Å². The zero-order chi connectivity index (χ0) is 38.7. The van der Waals surface area contributed by atoms with Crippen LogP contribution in [-0.4, -0.2) is 42.7 Å².